The van der Waals surface area contributed by atoms with Crippen LogP contribution in [0.2, 0.25) is 0 Å². The van der Waals surface area contributed by atoms with Crippen molar-refractivity contribution in [1.82, 2.24) is 10.2 Å². The highest BCUT2D eigenvalue weighted by molar-refractivity contribution is 9.09. The maximum Gasteiger partial charge on any atom is 0.358 e. The lowest BCUT2D eigenvalue weighted by atomic mass is 10.0. The molecule has 1 saturated heterocycles. The number of β-lactam (4-membered cyclic amide) rings is 1. The highest BCUT2D eigenvalue weighted by atomic mass is 79.9. The normalized spacial score (nSPS) is 23.1. The number of ether oxygens (including phenoxy) is 2. The number of hydrogen-bond acceptors (Lipinski definition) is 6. The van der Waals surface area contributed by atoms with Crippen LogP contribution in [0.1, 0.15) is 0 Å². The van der Waals surface area contributed by atoms with Crippen LogP contribution >= 0.6 is 50.7 Å². The number of halogens is 4. The largest absolute Gasteiger partial charge is 0.614 e. The van der Waals surface area contributed by atoms with E-state index in [2.05, 4.69) is 21.2 Å². The van der Waals surface area contributed by atoms with E-state index in [-0.39, 0.29) is 23.4 Å². The van der Waals surface area contributed by atoms with Gasteiger partial charge in [-0.1, -0.05) is 57.3 Å². The van der Waals surface area contributed by atoms with Gasteiger partial charge in [-0.05, 0) is 23.3 Å². The van der Waals surface area contributed by atoms with Gasteiger partial charge in [-0.3, -0.25) is 14.5 Å². The number of nitrogens with zero attached hydrogens (tertiary/aromatic N) is 1. The lowest BCUT2D eigenvalue weighted by Gasteiger charge is -2.49. The van der Waals surface area contributed by atoms with E-state index in [0.29, 0.717) is 11.3 Å². The van der Waals surface area contributed by atoms with Crippen molar-refractivity contribution in [2.45, 2.75) is 15.9 Å². The van der Waals surface area contributed by atoms with Crippen LogP contribution in [0.5, 0.6) is 5.75 Å². The van der Waals surface area contributed by atoms with E-state index in [1.54, 1.807) is 30.3 Å². The number of para-hydroxylation sites is 1. The molecular weight excluding hydrogens is 559 g/mol. The van der Waals surface area contributed by atoms with Crippen molar-refractivity contribution in [3.8, 4) is 5.75 Å². The average molecular weight is 575 g/mol. The van der Waals surface area contributed by atoms with Crippen molar-refractivity contribution in [3.63, 3.8) is 0 Å². The summed E-state index contributed by atoms with van der Waals surface area (Å²) in [6.45, 7) is -0.332. The molecule has 0 spiro atoms. The molecule has 1 N–H and O–H groups in total. The van der Waals surface area contributed by atoms with Crippen LogP contribution < -0.4 is 10.1 Å². The third kappa shape index (κ3) is 5.43. The number of amides is 2. The maximum atomic E-state index is 12.7. The lowest BCUT2D eigenvalue weighted by molar-refractivity contribution is -0.154. The second kappa shape index (κ2) is 10.2. The van der Waals surface area contributed by atoms with Gasteiger partial charge in [0.2, 0.25) is 5.37 Å². The molecule has 13 heteroatoms. The van der Waals surface area contributed by atoms with Crippen molar-refractivity contribution in [3.05, 3.63) is 41.6 Å². The lowest BCUT2D eigenvalue weighted by Crippen LogP contribution is -2.75. The fourth-order valence-electron chi connectivity index (χ4n) is 3.04. The number of alkyl halides is 4. The Morgan fingerprint density at radius 2 is 2.00 bits per heavy atom. The molecule has 1 fully saturated rings. The Kier molecular flexibility index (Phi) is 8.04. The van der Waals surface area contributed by atoms with Crippen molar-refractivity contribution < 1.29 is 28.4 Å². The predicted molar refractivity (Wildman–Crippen MR) is 120 cm³/mol. The molecule has 168 valence electrons. The molecule has 0 aromatic heterocycles. The van der Waals surface area contributed by atoms with Crippen LogP contribution in [0.15, 0.2) is 41.6 Å². The second-order valence-electron chi connectivity index (χ2n) is 6.52. The molecule has 0 saturated carbocycles. The number of nitrogens with one attached hydrogen (secondary N) is 1. The highest BCUT2D eigenvalue weighted by Crippen LogP contribution is 2.39. The maximum absolute atomic E-state index is 12.7. The zero-order valence-electron chi connectivity index (χ0n) is 15.7. The first-order valence-corrected chi connectivity index (χ1v) is 12.6. The Labute approximate surface area is 204 Å². The van der Waals surface area contributed by atoms with Crippen molar-refractivity contribution in [1.29, 1.82) is 0 Å². The minimum atomic E-state index is -1.99. The summed E-state index contributed by atoms with van der Waals surface area (Å²) in [5.74, 6) is -2.08. The summed E-state index contributed by atoms with van der Waals surface area (Å²) in [5.41, 5.74) is 0.261. The SMILES string of the molecule is O=C(COc1ccccc1)NC1C(=O)N2C(C(=O)OC(Cl)(Cl)CCl)=C(CBr)C[S+]([O-])[C@H]12. The first kappa shape index (κ1) is 24.5. The van der Waals surface area contributed by atoms with Gasteiger partial charge in [-0.15, -0.1) is 11.6 Å². The molecule has 2 unspecified atom stereocenters. The number of benzene rings is 1. The van der Waals surface area contributed by atoms with Gasteiger partial charge >= 0.3 is 5.97 Å². The molecule has 0 radical (unpaired) electrons. The fraction of sp³-hybridized carbons (Fsp3) is 0.389. The van der Waals surface area contributed by atoms with E-state index in [4.69, 9.17) is 44.3 Å². The number of esters is 1. The molecular formula is C18H16BrCl3N2O6S. The minimum Gasteiger partial charge on any atom is -0.614 e. The van der Waals surface area contributed by atoms with Gasteiger partial charge < -0.3 is 19.3 Å². The Bertz CT molecular complexity index is 904. The summed E-state index contributed by atoms with van der Waals surface area (Å²) < 4.78 is 21.0. The van der Waals surface area contributed by atoms with Gasteiger partial charge in [-0.25, -0.2) is 4.79 Å². The van der Waals surface area contributed by atoms with Crippen LogP contribution in [-0.4, -0.2) is 66.7 Å². The molecule has 2 heterocycles. The number of rotatable bonds is 8. The Balaban J connectivity index is 1.71. The van der Waals surface area contributed by atoms with Crippen LogP contribution in [0, 0.1) is 0 Å². The first-order chi connectivity index (χ1) is 14.7. The first-order valence-electron chi connectivity index (χ1n) is 8.81. The standard InChI is InChI=1S/C18H16BrCl3N2O6S/c19-6-10-8-31(28)16-13(23-12(25)7-29-11-4-2-1-3-5-11)15(26)24(16)14(10)17(27)30-18(21,22)9-20/h1-5,13,16H,6-9H2,(H,23,25)/t13?,16-,31?/m1/s1. The van der Waals surface area contributed by atoms with Crippen molar-refractivity contribution in [2.24, 2.45) is 0 Å². The van der Waals surface area contributed by atoms with Gasteiger partial charge in [0.25, 0.3) is 16.3 Å². The highest BCUT2D eigenvalue weighted by Gasteiger charge is 2.61. The third-order valence-corrected chi connectivity index (χ3v) is 7.79. The summed E-state index contributed by atoms with van der Waals surface area (Å²) in [4.78, 5) is 38.7. The van der Waals surface area contributed by atoms with Gasteiger partial charge in [0.1, 0.15) is 17.2 Å². The third-order valence-electron chi connectivity index (χ3n) is 4.39. The number of fused-ring (bicyclic) bond motifs is 1. The summed E-state index contributed by atoms with van der Waals surface area (Å²) in [5, 5.41) is 1.74. The summed E-state index contributed by atoms with van der Waals surface area (Å²) in [6, 6.07) is 7.59. The zero-order chi connectivity index (χ0) is 22.8. The molecule has 2 amide bonds. The smallest absolute Gasteiger partial charge is 0.358 e. The quantitative estimate of drug-likeness (QED) is 0.220. The number of carbonyl (C=O) groups excluding carboxylic acids is 3. The molecule has 2 aliphatic rings. The van der Waals surface area contributed by atoms with Crippen LogP contribution in [0.3, 0.4) is 0 Å². The predicted octanol–water partition coefficient (Wildman–Crippen LogP) is 2.04. The molecule has 3 rings (SSSR count). The van der Waals surface area contributed by atoms with Crippen molar-refractivity contribution >= 4 is 79.7 Å². The summed E-state index contributed by atoms with van der Waals surface area (Å²) in [7, 11) is 0. The number of hydrogen-bond donors (Lipinski definition) is 1. The molecule has 2 aliphatic heterocycles. The molecule has 1 aromatic carbocycles. The van der Waals surface area contributed by atoms with Crippen molar-refractivity contribution in [2.75, 3.05) is 23.6 Å². The Morgan fingerprint density at radius 1 is 1.32 bits per heavy atom. The Morgan fingerprint density at radius 3 is 2.61 bits per heavy atom. The van der Waals surface area contributed by atoms with E-state index in [1.807, 2.05) is 0 Å². The van der Waals surface area contributed by atoms with Gasteiger partial charge in [-0.2, -0.15) is 0 Å². The molecule has 3 atom stereocenters. The molecule has 31 heavy (non-hydrogen) atoms. The topological polar surface area (TPSA) is 108 Å². The summed E-state index contributed by atoms with van der Waals surface area (Å²) in [6.07, 6.45) is 0. The molecule has 0 aliphatic carbocycles. The minimum absolute atomic E-state index is 0.00450. The van der Waals surface area contributed by atoms with E-state index in [0.717, 1.165) is 4.90 Å². The average Bonchev–Trinajstić information content (AvgIpc) is 2.75. The zero-order valence-corrected chi connectivity index (χ0v) is 20.4. The van der Waals surface area contributed by atoms with Gasteiger partial charge in [0, 0.05) is 10.9 Å². The second-order valence-corrected chi connectivity index (χ2v) is 10.3. The Hall–Kier alpha value is -1.17. The van der Waals surface area contributed by atoms with E-state index in [9.17, 15) is 18.9 Å². The van der Waals surface area contributed by atoms with E-state index in [1.165, 1.54) is 0 Å². The monoisotopic (exact) mass is 572 g/mol. The van der Waals surface area contributed by atoms with Crippen LogP contribution in [0.25, 0.3) is 0 Å². The van der Waals surface area contributed by atoms with E-state index < -0.39 is 50.8 Å². The van der Waals surface area contributed by atoms with Gasteiger partial charge in [0.15, 0.2) is 12.6 Å². The van der Waals surface area contributed by atoms with Crippen LogP contribution in [0.4, 0.5) is 0 Å². The van der Waals surface area contributed by atoms with Gasteiger partial charge in [0.05, 0.1) is 5.88 Å². The molecule has 8 nitrogen and oxygen atoms in total. The number of carbonyl (C=O) groups is 3. The fourth-order valence-corrected chi connectivity index (χ4v) is 5.64. The molecule has 1 aromatic rings. The summed E-state index contributed by atoms with van der Waals surface area (Å²) >= 11 is 18.8. The molecule has 0 bridgehead atoms. The van der Waals surface area contributed by atoms with Crippen LogP contribution in [-0.2, 0) is 30.3 Å². The van der Waals surface area contributed by atoms with E-state index >= 15 is 0 Å².